The Kier molecular flexibility index (Phi) is 3.71. The Morgan fingerprint density at radius 1 is 1.39 bits per heavy atom. The molecule has 0 fully saturated rings. The Hall–Kier alpha value is -1.76. The lowest BCUT2D eigenvalue weighted by Crippen LogP contribution is -2.16. The van der Waals surface area contributed by atoms with E-state index in [-0.39, 0.29) is 11.9 Å². The lowest BCUT2D eigenvalue weighted by molar-refractivity contribution is 0.611. The van der Waals surface area contributed by atoms with Crippen molar-refractivity contribution in [2.45, 2.75) is 13.0 Å². The number of halogens is 1. The maximum atomic E-state index is 13.4. The molecule has 0 aliphatic heterocycles. The Balaban J connectivity index is 2.17. The van der Waals surface area contributed by atoms with E-state index >= 15 is 0 Å². The molecule has 0 bridgehead atoms. The van der Waals surface area contributed by atoms with Gasteiger partial charge in [-0.3, -0.25) is 0 Å². The summed E-state index contributed by atoms with van der Waals surface area (Å²) in [5.74, 6) is 0.217. The molecule has 0 radical (unpaired) electrons. The number of anilines is 2. The van der Waals surface area contributed by atoms with Gasteiger partial charge in [0.15, 0.2) is 11.6 Å². The van der Waals surface area contributed by atoms with Crippen LogP contribution in [0.3, 0.4) is 0 Å². The Morgan fingerprint density at radius 2 is 2.17 bits per heavy atom. The summed E-state index contributed by atoms with van der Waals surface area (Å²) in [7, 11) is 3.47. The van der Waals surface area contributed by atoms with Gasteiger partial charge in [0.1, 0.15) is 5.01 Å². The minimum Gasteiger partial charge on any atom is -0.360 e. The smallest absolute Gasteiger partial charge is 0.225 e. The highest BCUT2D eigenvalue weighted by molar-refractivity contribution is 7.09. The van der Waals surface area contributed by atoms with Crippen LogP contribution in [0.2, 0.25) is 0 Å². The lowest BCUT2D eigenvalue weighted by Gasteiger charge is -2.15. The van der Waals surface area contributed by atoms with Crippen LogP contribution < -0.4 is 10.2 Å². The second-order valence-electron chi connectivity index (χ2n) is 4.00. The van der Waals surface area contributed by atoms with Crippen molar-refractivity contribution in [3.8, 4) is 0 Å². The van der Waals surface area contributed by atoms with Gasteiger partial charge in [-0.15, -0.1) is 11.3 Å². The predicted octanol–water partition coefficient (Wildman–Crippen LogP) is 2.31. The van der Waals surface area contributed by atoms with Crippen LogP contribution in [-0.4, -0.2) is 29.0 Å². The topological polar surface area (TPSA) is 53.9 Å². The fourth-order valence-electron chi connectivity index (χ4n) is 1.45. The van der Waals surface area contributed by atoms with Crippen LogP contribution in [-0.2, 0) is 0 Å². The minimum absolute atomic E-state index is 0.00882. The molecule has 2 heterocycles. The summed E-state index contributed by atoms with van der Waals surface area (Å²) < 4.78 is 13.4. The van der Waals surface area contributed by atoms with E-state index in [9.17, 15) is 4.39 Å². The molecule has 96 valence electrons. The number of hydrogen-bond donors (Lipinski definition) is 1. The third kappa shape index (κ3) is 2.73. The van der Waals surface area contributed by atoms with Crippen LogP contribution in [0.15, 0.2) is 17.8 Å². The van der Waals surface area contributed by atoms with Crippen LogP contribution in [0.4, 0.5) is 16.2 Å². The van der Waals surface area contributed by atoms with Gasteiger partial charge in [0.2, 0.25) is 5.95 Å². The van der Waals surface area contributed by atoms with Crippen LogP contribution >= 0.6 is 11.3 Å². The molecule has 0 saturated heterocycles. The summed E-state index contributed by atoms with van der Waals surface area (Å²) in [5, 5.41) is 5.95. The summed E-state index contributed by atoms with van der Waals surface area (Å²) in [5.41, 5.74) is 0. The zero-order valence-electron chi connectivity index (χ0n) is 10.4. The maximum Gasteiger partial charge on any atom is 0.225 e. The van der Waals surface area contributed by atoms with Gasteiger partial charge < -0.3 is 10.2 Å². The molecule has 2 aromatic rings. The van der Waals surface area contributed by atoms with Gasteiger partial charge >= 0.3 is 0 Å². The quantitative estimate of drug-likeness (QED) is 0.921. The number of rotatable bonds is 4. The van der Waals surface area contributed by atoms with Gasteiger partial charge in [-0.2, -0.15) is 4.98 Å². The number of nitrogens with zero attached hydrogens (tertiary/aromatic N) is 4. The van der Waals surface area contributed by atoms with E-state index in [0.29, 0.717) is 5.95 Å². The summed E-state index contributed by atoms with van der Waals surface area (Å²) in [4.78, 5) is 13.9. The highest BCUT2D eigenvalue weighted by atomic mass is 32.1. The van der Waals surface area contributed by atoms with Crippen molar-refractivity contribution in [3.05, 3.63) is 28.6 Å². The van der Waals surface area contributed by atoms with Crippen LogP contribution in [0.1, 0.15) is 18.0 Å². The molecule has 1 N–H and O–H groups in total. The Bertz CT molecular complexity index is 514. The number of aromatic nitrogens is 3. The van der Waals surface area contributed by atoms with Gasteiger partial charge in [-0.25, -0.2) is 14.4 Å². The molecule has 0 unspecified atom stereocenters. The van der Waals surface area contributed by atoms with Crippen LogP contribution in [0.25, 0.3) is 0 Å². The molecule has 2 aromatic heterocycles. The fourth-order valence-corrected chi connectivity index (χ4v) is 2.09. The van der Waals surface area contributed by atoms with Crippen molar-refractivity contribution in [1.82, 2.24) is 15.0 Å². The number of hydrogen-bond acceptors (Lipinski definition) is 6. The zero-order valence-corrected chi connectivity index (χ0v) is 11.2. The average Bonchev–Trinajstić information content (AvgIpc) is 2.85. The first kappa shape index (κ1) is 12.7. The Labute approximate surface area is 109 Å². The highest BCUT2D eigenvalue weighted by Crippen LogP contribution is 2.20. The number of thiazole rings is 1. The summed E-state index contributed by atoms with van der Waals surface area (Å²) in [6.45, 7) is 1.96. The molecule has 0 saturated carbocycles. The van der Waals surface area contributed by atoms with E-state index in [0.717, 1.165) is 5.01 Å². The van der Waals surface area contributed by atoms with E-state index in [1.165, 1.54) is 6.20 Å². The van der Waals surface area contributed by atoms with Gasteiger partial charge in [0.05, 0.1) is 12.2 Å². The van der Waals surface area contributed by atoms with Gasteiger partial charge in [0.25, 0.3) is 0 Å². The fraction of sp³-hybridized carbons (Fsp3) is 0.364. The largest absolute Gasteiger partial charge is 0.360 e. The molecular formula is C11H14FN5S. The van der Waals surface area contributed by atoms with E-state index in [1.807, 2.05) is 12.3 Å². The molecule has 5 nitrogen and oxygen atoms in total. The molecular weight excluding hydrogens is 253 g/mol. The molecule has 0 aromatic carbocycles. The first-order valence-corrected chi connectivity index (χ1v) is 6.31. The minimum atomic E-state index is -0.438. The number of nitrogens with one attached hydrogen (secondary N) is 1. The molecule has 0 aliphatic carbocycles. The second kappa shape index (κ2) is 5.26. The molecule has 18 heavy (non-hydrogen) atoms. The zero-order chi connectivity index (χ0) is 13.1. The van der Waals surface area contributed by atoms with Crippen molar-refractivity contribution < 1.29 is 4.39 Å². The van der Waals surface area contributed by atoms with E-state index in [2.05, 4.69) is 20.3 Å². The molecule has 1 atom stereocenters. The molecule has 0 aliphatic rings. The Morgan fingerprint density at radius 3 is 2.78 bits per heavy atom. The van der Waals surface area contributed by atoms with Crippen molar-refractivity contribution in [1.29, 1.82) is 0 Å². The van der Waals surface area contributed by atoms with E-state index in [4.69, 9.17) is 0 Å². The van der Waals surface area contributed by atoms with Crippen molar-refractivity contribution in [3.63, 3.8) is 0 Å². The SMILES string of the molecule is C[C@H](Nc1ncc(F)c(N(C)C)n1)c1nccs1. The first-order chi connectivity index (χ1) is 8.58. The summed E-state index contributed by atoms with van der Waals surface area (Å²) in [6, 6.07) is -0.00882. The summed E-state index contributed by atoms with van der Waals surface area (Å²) in [6.07, 6.45) is 2.91. The van der Waals surface area contributed by atoms with Gasteiger partial charge in [0, 0.05) is 25.7 Å². The van der Waals surface area contributed by atoms with Crippen molar-refractivity contribution in [2.75, 3.05) is 24.3 Å². The van der Waals surface area contributed by atoms with Crippen molar-refractivity contribution >= 4 is 23.1 Å². The van der Waals surface area contributed by atoms with Crippen LogP contribution in [0, 0.1) is 5.82 Å². The predicted molar refractivity (Wildman–Crippen MR) is 70.5 cm³/mol. The molecule has 7 heteroatoms. The molecule has 2 rings (SSSR count). The second-order valence-corrected chi connectivity index (χ2v) is 4.92. The van der Waals surface area contributed by atoms with Crippen LogP contribution in [0.5, 0.6) is 0 Å². The van der Waals surface area contributed by atoms with Crippen molar-refractivity contribution in [2.24, 2.45) is 0 Å². The average molecular weight is 267 g/mol. The summed E-state index contributed by atoms with van der Waals surface area (Å²) >= 11 is 1.55. The van der Waals surface area contributed by atoms with Gasteiger partial charge in [-0.1, -0.05) is 0 Å². The van der Waals surface area contributed by atoms with E-state index < -0.39 is 5.82 Å². The molecule has 0 amide bonds. The van der Waals surface area contributed by atoms with Gasteiger partial charge in [-0.05, 0) is 6.92 Å². The molecule has 0 spiro atoms. The highest BCUT2D eigenvalue weighted by Gasteiger charge is 2.12. The third-order valence-corrected chi connectivity index (χ3v) is 3.27. The maximum absolute atomic E-state index is 13.4. The third-order valence-electron chi connectivity index (χ3n) is 2.32. The first-order valence-electron chi connectivity index (χ1n) is 5.43. The monoisotopic (exact) mass is 267 g/mol. The standard InChI is InChI=1S/C11H14FN5S/c1-7(10-13-4-5-18-10)15-11-14-6-8(12)9(16-11)17(2)3/h4-7H,1-3H3,(H,14,15,16)/t7-/m0/s1. The lowest BCUT2D eigenvalue weighted by atomic mass is 10.3. The van der Waals surface area contributed by atoms with E-state index in [1.54, 1.807) is 36.5 Å². The normalized spacial score (nSPS) is 12.2.